The minimum atomic E-state index is -1.09. The van der Waals surface area contributed by atoms with Gasteiger partial charge in [-0.25, -0.2) is 0 Å². The van der Waals surface area contributed by atoms with E-state index in [4.69, 9.17) is 0 Å². The highest BCUT2D eigenvalue weighted by molar-refractivity contribution is 8.32. The van der Waals surface area contributed by atoms with Crippen LogP contribution in [0.25, 0.3) is 0 Å². The van der Waals surface area contributed by atoms with E-state index in [1.165, 1.54) is 0 Å². The molecule has 1 unspecified atom stereocenters. The molecule has 0 aromatic heterocycles. The van der Waals surface area contributed by atoms with Crippen LogP contribution in [-0.4, -0.2) is 6.16 Å². The topological polar surface area (TPSA) is 17.1 Å². The molecule has 0 bridgehead atoms. The lowest BCUT2D eigenvalue weighted by molar-refractivity contribution is 0.598. The van der Waals surface area contributed by atoms with Crippen LogP contribution >= 0.6 is 6.58 Å². The highest BCUT2D eigenvalue weighted by Crippen LogP contribution is 1.99. The van der Waals surface area contributed by atoms with Crippen molar-refractivity contribution in [2.45, 2.75) is 6.92 Å². The Morgan fingerprint density at radius 3 is 2.50 bits per heavy atom. The molecule has 0 aliphatic carbocycles. The summed E-state index contributed by atoms with van der Waals surface area (Å²) >= 11 is 4.41. The number of rotatable bonds is 1. The Labute approximate surface area is 45.4 Å². The smallest absolute Gasteiger partial charge is 0.164 e. The first-order valence-corrected chi connectivity index (χ1v) is 5.35. The molecule has 0 fully saturated rings. The lowest BCUT2D eigenvalue weighted by atomic mass is 11.0. The van der Waals surface area contributed by atoms with E-state index in [0.717, 1.165) is 9.50 Å². The van der Waals surface area contributed by atoms with Crippen molar-refractivity contribution in [3.63, 3.8) is 0 Å². The molecule has 0 heterocycles. The van der Waals surface area contributed by atoms with Gasteiger partial charge in [0, 0.05) is 6.16 Å². The van der Waals surface area contributed by atoms with E-state index in [1.807, 2.05) is 6.92 Å². The van der Waals surface area contributed by atoms with Gasteiger partial charge in [-0.3, -0.25) is 4.57 Å². The Kier molecular flexibility index (Phi) is 4.06. The minimum absolute atomic E-state index is 0.698. The van der Waals surface area contributed by atoms with Crippen LogP contribution in [0.3, 0.4) is 0 Å². The summed E-state index contributed by atoms with van der Waals surface area (Å²) in [7, 11) is 1.02. The van der Waals surface area contributed by atoms with E-state index in [9.17, 15) is 4.57 Å². The molecule has 0 saturated carbocycles. The molecule has 6 heavy (non-hydrogen) atoms. The van der Waals surface area contributed by atoms with Crippen LogP contribution in [0, 0.1) is 0 Å². The van der Waals surface area contributed by atoms with Gasteiger partial charge in [0.2, 0.25) is 0 Å². The van der Waals surface area contributed by atoms with Crippen LogP contribution in [0.15, 0.2) is 0 Å². The molecular formula is C2H5OPS2. The highest BCUT2D eigenvalue weighted by Gasteiger charge is 1.69. The molecule has 0 amide bonds. The normalized spacial score (nSPS) is 10.5. The van der Waals surface area contributed by atoms with Crippen molar-refractivity contribution < 1.29 is 4.57 Å². The summed E-state index contributed by atoms with van der Waals surface area (Å²) in [6.07, 6.45) is 0.698. The average Bonchev–Trinajstić information content (AvgIpc) is 1.65. The predicted molar refractivity (Wildman–Crippen MR) is 32.9 cm³/mol. The third-order valence-electron chi connectivity index (χ3n) is 0.341. The van der Waals surface area contributed by atoms with Gasteiger partial charge in [-0.2, -0.15) is 0 Å². The first-order chi connectivity index (χ1) is 2.81. The molecule has 1 nitrogen and oxygen atoms in total. The first kappa shape index (κ1) is 6.54. The molecule has 4 heteroatoms. The Morgan fingerprint density at radius 2 is 2.50 bits per heavy atom. The SMILES string of the molecule is CCP(=O)=S=S. The van der Waals surface area contributed by atoms with Crippen LogP contribution < -0.4 is 0 Å². The van der Waals surface area contributed by atoms with Gasteiger partial charge < -0.3 is 0 Å². The number of hydrogen-bond acceptors (Lipinski definition) is 2. The standard InChI is InChI=1S/C2H5OPS2/c1-2-4(3)6-5/h2H2,1H3. The van der Waals surface area contributed by atoms with Gasteiger partial charge in [0.15, 0.2) is 6.58 Å². The molecule has 1 atom stereocenters. The van der Waals surface area contributed by atoms with Gasteiger partial charge in [0.25, 0.3) is 0 Å². The quantitative estimate of drug-likeness (QED) is 0.510. The lowest BCUT2D eigenvalue weighted by Gasteiger charge is -1.61. The van der Waals surface area contributed by atoms with Crippen LogP contribution in [0.5, 0.6) is 0 Å². The number of hydrogen-bond donors (Lipinski definition) is 0. The molecule has 36 valence electrons. The minimum Gasteiger partial charge on any atom is -0.270 e. The third-order valence-corrected chi connectivity index (χ3v) is 3.79. The fourth-order valence-electron chi connectivity index (χ4n) is 0.0527. The molecule has 0 aromatic rings. The van der Waals surface area contributed by atoms with Crippen LogP contribution in [0.4, 0.5) is 0 Å². The summed E-state index contributed by atoms with van der Waals surface area (Å²) in [6.45, 7) is 0.764. The largest absolute Gasteiger partial charge is 0.270 e. The maximum Gasteiger partial charge on any atom is 0.164 e. The zero-order valence-electron chi connectivity index (χ0n) is 3.38. The summed E-state index contributed by atoms with van der Waals surface area (Å²) < 4.78 is 10.2. The van der Waals surface area contributed by atoms with Gasteiger partial charge in [0.05, 0.1) is 0 Å². The molecular weight excluding hydrogens is 135 g/mol. The van der Waals surface area contributed by atoms with E-state index in [-0.39, 0.29) is 0 Å². The molecule has 0 aromatic carbocycles. The molecule has 0 aliphatic rings. The summed E-state index contributed by atoms with van der Waals surface area (Å²) in [5.41, 5.74) is 0. The van der Waals surface area contributed by atoms with Crippen molar-refractivity contribution in [2.24, 2.45) is 0 Å². The Morgan fingerprint density at radius 1 is 2.00 bits per heavy atom. The van der Waals surface area contributed by atoms with Crippen LogP contribution in [0.1, 0.15) is 6.92 Å². The summed E-state index contributed by atoms with van der Waals surface area (Å²) in [5, 5.41) is 0. The molecule has 0 saturated heterocycles. The second kappa shape index (κ2) is 3.72. The molecule has 0 aliphatic heterocycles. The second-order valence-corrected chi connectivity index (χ2v) is 5.18. The average molecular weight is 140 g/mol. The first-order valence-electron chi connectivity index (χ1n) is 1.56. The van der Waals surface area contributed by atoms with Crippen LogP contribution in [0.2, 0.25) is 0 Å². The molecule has 0 N–H and O–H groups in total. The van der Waals surface area contributed by atoms with Gasteiger partial charge in [-0.1, -0.05) is 6.92 Å². The van der Waals surface area contributed by atoms with E-state index >= 15 is 0 Å². The van der Waals surface area contributed by atoms with Gasteiger partial charge >= 0.3 is 0 Å². The Hall–Kier alpha value is 0.540. The van der Waals surface area contributed by atoms with E-state index in [0.29, 0.717) is 6.16 Å². The summed E-state index contributed by atoms with van der Waals surface area (Å²) in [5.74, 6) is 0. The van der Waals surface area contributed by atoms with Gasteiger partial charge in [0.1, 0.15) is 0 Å². The second-order valence-electron chi connectivity index (χ2n) is 0.723. The van der Waals surface area contributed by atoms with Gasteiger partial charge in [-0.15, -0.1) is 0 Å². The Bertz CT molecular complexity index is 120. The van der Waals surface area contributed by atoms with Crippen molar-refractivity contribution in [1.82, 2.24) is 0 Å². The molecule has 0 radical (unpaired) electrons. The van der Waals surface area contributed by atoms with Gasteiger partial charge in [-0.05, 0) is 20.7 Å². The van der Waals surface area contributed by atoms with E-state index in [2.05, 4.69) is 11.2 Å². The zero-order chi connectivity index (χ0) is 4.99. The third kappa shape index (κ3) is 2.76. The van der Waals surface area contributed by atoms with Crippen molar-refractivity contribution in [3.8, 4) is 0 Å². The molecule has 0 spiro atoms. The highest BCUT2D eigenvalue weighted by atomic mass is 32.9. The lowest BCUT2D eigenvalue weighted by Crippen LogP contribution is -1.47. The maximum absolute atomic E-state index is 10.2. The van der Waals surface area contributed by atoms with Crippen LogP contribution in [-0.2, 0) is 25.3 Å². The van der Waals surface area contributed by atoms with Crippen molar-refractivity contribution in [1.29, 1.82) is 0 Å². The maximum atomic E-state index is 10.2. The van der Waals surface area contributed by atoms with Crippen molar-refractivity contribution in [2.75, 3.05) is 6.16 Å². The van der Waals surface area contributed by atoms with Crippen molar-refractivity contribution >= 4 is 27.3 Å². The van der Waals surface area contributed by atoms with E-state index in [1.54, 1.807) is 0 Å². The summed E-state index contributed by atoms with van der Waals surface area (Å²) in [4.78, 5) is 0. The summed E-state index contributed by atoms with van der Waals surface area (Å²) in [6, 6.07) is 0. The van der Waals surface area contributed by atoms with E-state index < -0.39 is 6.58 Å². The van der Waals surface area contributed by atoms with Crippen molar-refractivity contribution in [3.05, 3.63) is 0 Å². The fraction of sp³-hybridized carbons (Fsp3) is 1.00. The Balaban J connectivity index is 3.89. The zero-order valence-corrected chi connectivity index (χ0v) is 5.91. The monoisotopic (exact) mass is 140 g/mol. The fourth-order valence-corrected chi connectivity index (χ4v) is 1.42. The predicted octanol–water partition coefficient (Wildman–Crippen LogP) is 1.29. The molecule has 0 rings (SSSR count).